The van der Waals surface area contributed by atoms with Gasteiger partial charge in [0.05, 0.1) is 6.61 Å². The van der Waals surface area contributed by atoms with Crippen LogP contribution in [0.4, 0.5) is 4.39 Å². The maximum atomic E-state index is 13.9. The van der Waals surface area contributed by atoms with E-state index in [-0.39, 0.29) is 17.5 Å². The molecule has 0 bridgehead atoms. The van der Waals surface area contributed by atoms with Gasteiger partial charge in [-0.3, -0.25) is 4.79 Å². The Kier molecular flexibility index (Phi) is 7.15. The number of carbonyl (C=O) groups excluding carboxylic acids is 1. The van der Waals surface area contributed by atoms with E-state index in [0.717, 1.165) is 5.56 Å². The van der Waals surface area contributed by atoms with E-state index in [1.165, 1.54) is 11.0 Å². The van der Waals surface area contributed by atoms with Gasteiger partial charge in [-0.15, -0.1) is 0 Å². The first kappa shape index (κ1) is 17.4. The summed E-state index contributed by atoms with van der Waals surface area (Å²) in [4.78, 5) is 12.9. The standard InChI is InChI=1S/C16H25FN2O2/c1-12(2)18-11-13-7-8-15(14(17)10-13)21-9-5-6-16(20)19(3)4/h7-8,10,12,18H,5-6,9,11H2,1-4H3. The molecule has 0 saturated carbocycles. The number of nitrogens with one attached hydrogen (secondary N) is 1. The van der Waals surface area contributed by atoms with Gasteiger partial charge in [0, 0.05) is 33.1 Å². The van der Waals surface area contributed by atoms with Crippen molar-refractivity contribution in [3.05, 3.63) is 29.6 Å². The first-order valence-electron chi connectivity index (χ1n) is 7.25. The van der Waals surface area contributed by atoms with E-state index in [1.54, 1.807) is 20.2 Å². The van der Waals surface area contributed by atoms with E-state index in [1.807, 2.05) is 19.9 Å². The largest absolute Gasteiger partial charge is 0.491 e. The van der Waals surface area contributed by atoms with Gasteiger partial charge in [-0.25, -0.2) is 4.39 Å². The molecule has 0 spiro atoms. The molecule has 0 aliphatic carbocycles. The molecule has 1 amide bonds. The summed E-state index contributed by atoms with van der Waals surface area (Å²) in [5, 5.41) is 3.23. The van der Waals surface area contributed by atoms with Crippen LogP contribution in [-0.4, -0.2) is 37.6 Å². The molecule has 5 heteroatoms. The van der Waals surface area contributed by atoms with Crippen molar-refractivity contribution < 1.29 is 13.9 Å². The molecule has 21 heavy (non-hydrogen) atoms. The monoisotopic (exact) mass is 296 g/mol. The number of hydrogen-bond acceptors (Lipinski definition) is 3. The molecule has 4 nitrogen and oxygen atoms in total. The van der Waals surface area contributed by atoms with Gasteiger partial charge in [-0.2, -0.15) is 0 Å². The van der Waals surface area contributed by atoms with Crippen molar-refractivity contribution in [3.8, 4) is 5.75 Å². The van der Waals surface area contributed by atoms with Crippen LogP contribution < -0.4 is 10.1 Å². The number of nitrogens with zero attached hydrogens (tertiary/aromatic N) is 1. The second-order valence-electron chi connectivity index (χ2n) is 5.54. The summed E-state index contributed by atoms with van der Waals surface area (Å²) < 4.78 is 19.2. The average Bonchev–Trinajstić information content (AvgIpc) is 2.42. The van der Waals surface area contributed by atoms with Gasteiger partial charge in [-0.05, 0) is 24.1 Å². The summed E-state index contributed by atoms with van der Waals surface area (Å²) >= 11 is 0. The second kappa shape index (κ2) is 8.62. The summed E-state index contributed by atoms with van der Waals surface area (Å²) in [7, 11) is 3.43. The van der Waals surface area contributed by atoms with Gasteiger partial charge in [0.1, 0.15) is 0 Å². The third-order valence-electron chi connectivity index (χ3n) is 3.00. The lowest BCUT2D eigenvalue weighted by Gasteiger charge is -2.12. The molecule has 0 saturated heterocycles. The molecule has 0 radical (unpaired) electrons. The highest BCUT2D eigenvalue weighted by Crippen LogP contribution is 2.18. The molecule has 1 rings (SSSR count). The fourth-order valence-corrected chi connectivity index (χ4v) is 1.72. The van der Waals surface area contributed by atoms with Crippen molar-refractivity contribution in [1.82, 2.24) is 10.2 Å². The van der Waals surface area contributed by atoms with Gasteiger partial charge in [0.15, 0.2) is 11.6 Å². The Labute approximate surface area is 126 Å². The zero-order valence-corrected chi connectivity index (χ0v) is 13.3. The summed E-state index contributed by atoms with van der Waals surface area (Å²) in [5.74, 6) is -0.0771. The van der Waals surface area contributed by atoms with Crippen LogP contribution in [0, 0.1) is 5.82 Å². The van der Waals surface area contributed by atoms with Crippen LogP contribution >= 0.6 is 0 Å². The molecule has 1 aromatic rings. The number of benzene rings is 1. The highest BCUT2D eigenvalue weighted by molar-refractivity contribution is 5.75. The average molecular weight is 296 g/mol. The molecule has 0 aromatic heterocycles. The fourth-order valence-electron chi connectivity index (χ4n) is 1.72. The predicted molar refractivity (Wildman–Crippen MR) is 81.8 cm³/mol. The quantitative estimate of drug-likeness (QED) is 0.750. The maximum absolute atomic E-state index is 13.9. The Balaban J connectivity index is 2.40. The van der Waals surface area contributed by atoms with Crippen LogP contribution in [-0.2, 0) is 11.3 Å². The van der Waals surface area contributed by atoms with Crippen LogP contribution in [0.25, 0.3) is 0 Å². The van der Waals surface area contributed by atoms with E-state index in [0.29, 0.717) is 32.0 Å². The number of halogens is 1. The Hall–Kier alpha value is -1.62. The normalized spacial score (nSPS) is 10.8. The number of hydrogen-bond donors (Lipinski definition) is 1. The highest BCUT2D eigenvalue weighted by atomic mass is 19.1. The molecule has 1 N–H and O–H groups in total. The Morgan fingerprint density at radius 1 is 1.38 bits per heavy atom. The van der Waals surface area contributed by atoms with Gasteiger partial charge in [-0.1, -0.05) is 19.9 Å². The smallest absolute Gasteiger partial charge is 0.222 e. The molecule has 0 atom stereocenters. The van der Waals surface area contributed by atoms with Crippen molar-refractivity contribution in [3.63, 3.8) is 0 Å². The summed E-state index contributed by atoms with van der Waals surface area (Å²) in [6.07, 6.45) is 0.984. The molecular weight excluding hydrogens is 271 g/mol. The number of amides is 1. The molecule has 0 heterocycles. The van der Waals surface area contributed by atoms with Crippen LogP contribution in [0.5, 0.6) is 5.75 Å². The molecule has 0 unspecified atom stereocenters. The lowest BCUT2D eigenvalue weighted by atomic mass is 10.2. The number of carbonyl (C=O) groups is 1. The van der Waals surface area contributed by atoms with E-state index < -0.39 is 0 Å². The maximum Gasteiger partial charge on any atom is 0.222 e. The lowest BCUT2D eigenvalue weighted by Crippen LogP contribution is -2.22. The lowest BCUT2D eigenvalue weighted by molar-refractivity contribution is -0.128. The molecule has 0 aliphatic heterocycles. The molecule has 0 aliphatic rings. The molecular formula is C16H25FN2O2. The molecule has 0 fully saturated rings. The third kappa shape index (κ3) is 6.58. The third-order valence-corrected chi connectivity index (χ3v) is 3.00. The van der Waals surface area contributed by atoms with Crippen LogP contribution in [0.1, 0.15) is 32.3 Å². The van der Waals surface area contributed by atoms with E-state index in [9.17, 15) is 9.18 Å². The molecule has 118 valence electrons. The first-order chi connectivity index (χ1) is 9.90. The number of ether oxygens (including phenoxy) is 1. The zero-order valence-electron chi connectivity index (χ0n) is 13.3. The van der Waals surface area contributed by atoms with Crippen molar-refractivity contribution in [1.29, 1.82) is 0 Å². The van der Waals surface area contributed by atoms with Crippen molar-refractivity contribution in [2.75, 3.05) is 20.7 Å². The van der Waals surface area contributed by atoms with Gasteiger partial charge < -0.3 is 15.0 Å². The van der Waals surface area contributed by atoms with Crippen LogP contribution in [0.3, 0.4) is 0 Å². The van der Waals surface area contributed by atoms with Crippen molar-refractivity contribution >= 4 is 5.91 Å². The fraction of sp³-hybridized carbons (Fsp3) is 0.562. The Morgan fingerprint density at radius 3 is 2.67 bits per heavy atom. The number of rotatable bonds is 8. The van der Waals surface area contributed by atoms with E-state index in [2.05, 4.69) is 5.32 Å². The van der Waals surface area contributed by atoms with Crippen molar-refractivity contribution in [2.45, 2.75) is 39.3 Å². The summed E-state index contributed by atoms with van der Waals surface area (Å²) in [6, 6.07) is 5.33. The SMILES string of the molecule is CC(C)NCc1ccc(OCCCC(=O)N(C)C)c(F)c1. The van der Waals surface area contributed by atoms with Gasteiger partial charge in [0.2, 0.25) is 5.91 Å². The minimum atomic E-state index is -0.364. The topological polar surface area (TPSA) is 41.6 Å². The van der Waals surface area contributed by atoms with Crippen molar-refractivity contribution in [2.24, 2.45) is 0 Å². The highest BCUT2D eigenvalue weighted by Gasteiger charge is 2.07. The van der Waals surface area contributed by atoms with E-state index >= 15 is 0 Å². The summed E-state index contributed by atoms with van der Waals surface area (Å²) in [5.41, 5.74) is 0.885. The minimum Gasteiger partial charge on any atom is -0.491 e. The Morgan fingerprint density at radius 2 is 2.10 bits per heavy atom. The van der Waals surface area contributed by atoms with Crippen LogP contribution in [0.15, 0.2) is 18.2 Å². The Bertz CT molecular complexity index is 462. The molecule has 1 aromatic carbocycles. The van der Waals surface area contributed by atoms with Crippen LogP contribution in [0.2, 0.25) is 0 Å². The van der Waals surface area contributed by atoms with Gasteiger partial charge in [0.25, 0.3) is 0 Å². The first-order valence-corrected chi connectivity index (χ1v) is 7.25. The zero-order chi connectivity index (χ0) is 15.8. The second-order valence-corrected chi connectivity index (χ2v) is 5.54. The minimum absolute atomic E-state index is 0.0502. The van der Waals surface area contributed by atoms with Gasteiger partial charge >= 0.3 is 0 Å². The summed E-state index contributed by atoms with van der Waals surface area (Å²) in [6.45, 7) is 5.05. The van der Waals surface area contributed by atoms with E-state index in [4.69, 9.17) is 4.74 Å². The predicted octanol–water partition coefficient (Wildman–Crippen LogP) is 2.57.